The Bertz CT molecular complexity index is 401. The zero-order valence-corrected chi connectivity index (χ0v) is 12.6. The first-order chi connectivity index (χ1) is 9.02. The average Bonchev–Trinajstić information content (AvgIpc) is 2.88. The first-order valence-electron chi connectivity index (χ1n) is 7.53. The standard InChI is InChI=1S/C17H26O2/c1-5-19-16(18)9-12(4)17-14-7-6-13(10-14)15(17)8-11(2)3/h8-9,13-15,17H,5-7,10H2,1-4H3/b12-9+. The van der Waals surface area contributed by atoms with Gasteiger partial charge in [0.1, 0.15) is 0 Å². The summed E-state index contributed by atoms with van der Waals surface area (Å²) in [6.45, 7) is 8.76. The Morgan fingerprint density at radius 2 is 1.89 bits per heavy atom. The van der Waals surface area contributed by atoms with Gasteiger partial charge in [-0.05, 0) is 70.6 Å². The molecule has 2 aliphatic carbocycles. The Labute approximate surface area is 116 Å². The van der Waals surface area contributed by atoms with Gasteiger partial charge in [-0.25, -0.2) is 4.79 Å². The predicted molar refractivity (Wildman–Crippen MR) is 77.6 cm³/mol. The van der Waals surface area contributed by atoms with E-state index >= 15 is 0 Å². The highest BCUT2D eigenvalue weighted by Crippen LogP contribution is 2.55. The van der Waals surface area contributed by atoms with Crippen LogP contribution in [0.4, 0.5) is 0 Å². The molecule has 0 aliphatic heterocycles. The van der Waals surface area contributed by atoms with Gasteiger partial charge in [-0.1, -0.05) is 17.2 Å². The molecule has 2 rings (SSSR count). The largest absolute Gasteiger partial charge is 0.463 e. The lowest BCUT2D eigenvalue weighted by molar-refractivity contribution is -0.137. The summed E-state index contributed by atoms with van der Waals surface area (Å²) in [6.07, 6.45) is 8.18. The Morgan fingerprint density at radius 1 is 1.21 bits per heavy atom. The molecule has 2 bridgehead atoms. The lowest BCUT2D eigenvalue weighted by Gasteiger charge is -2.30. The lowest BCUT2D eigenvalue weighted by Crippen LogP contribution is -2.22. The van der Waals surface area contributed by atoms with Crippen molar-refractivity contribution in [2.45, 2.75) is 47.0 Å². The zero-order valence-electron chi connectivity index (χ0n) is 12.6. The average molecular weight is 262 g/mol. The van der Waals surface area contributed by atoms with Crippen LogP contribution >= 0.6 is 0 Å². The number of carbonyl (C=O) groups excluding carboxylic acids is 1. The lowest BCUT2D eigenvalue weighted by atomic mass is 9.75. The van der Waals surface area contributed by atoms with Gasteiger partial charge in [0.2, 0.25) is 0 Å². The Hall–Kier alpha value is -1.05. The molecular formula is C17H26O2. The number of carbonyl (C=O) groups is 1. The fraction of sp³-hybridized carbons (Fsp3) is 0.706. The summed E-state index contributed by atoms with van der Waals surface area (Å²) < 4.78 is 5.04. The summed E-state index contributed by atoms with van der Waals surface area (Å²) in [6, 6.07) is 0. The van der Waals surface area contributed by atoms with Crippen molar-refractivity contribution in [1.29, 1.82) is 0 Å². The number of esters is 1. The summed E-state index contributed by atoms with van der Waals surface area (Å²) >= 11 is 0. The summed E-state index contributed by atoms with van der Waals surface area (Å²) in [5.74, 6) is 2.61. The summed E-state index contributed by atoms with van der Waals surface area (Å²) in [5.41, 5.74) is 2.61. The van der Waals surface area contributed by atoms with E-state index in [4.69, 9.17) is 4.74 Å². The minimum atomic E-state index is -0.182. The highest BCUT2D eigenvalue weighted by Gasteiger charge is 2.46. The number of hydrogen-bond acceptors (Lipinski definition) is 2. The second-order valence-corrected chi connectivity index (χ2v) is 6.32. The van der Waals surface area contributed by atoms with Gasteiger partial charge in [-0.15, -0.1) is 0 Å². The SMILES string of the molecule is CCOC(=O)/C=C(\C)C1C2CCC(C2)C1C=C(C)C. The molecule has 106 valence electrons. The second kappa shape index (κ2) is 5.94. The van der Waals surface area contributed by atoms with Crippen LogP contribution in [0, 0.1) is 23.7 Å². The van der Waals surface area contributed by atoms with E-state index < -0.39 is 0 Å². The zero-order chi connectivity index (χ0) is 14.0. The number of fused-ring (bicyclic) bond motifs is 2. The van der Waals surface area contributed by atoms with Gasteiger partial charge in [0.05, 0.1) is 6.61 Å². The normalized spacial score (nSPS) is 33.4. The van der Waals surface area contributed by atoms with E-state index in [9.17, 15) is 4.79 Å². The molecule has 0 aromatic rings. The molecule has 2 fully saturated rings. The summed E-state index contributed by atoms with van der Waals surface area (Å²) in [5, 5.41) is 0. The van der Waals surface area contributed by atoms with Gasteiger partial charge in [-0.2, -0.15) is 0 Å². The van der Waals surface area contributed by atoms with E-state index in [0.717, 1.165) is 11.8 Å². The Balaban J connectivity index is 2.17. The van der Waals surface area contributed by atoms with Crippen LogP contribution in [0.5, 0.6) is 0 Å². The van der Waals surface area contributed by atoms with Crippen molar-refractivity contribution in [2.24, 2.45) is 23.7 Å². The van der Waals surface area contributed by atoms with Crippen molar-refractivity contribution >= 4 is 5.97 Å². The first-order valence-corrected chi connectivity index (χ1v) is 7.53. The van der Waals surface area contributed by atoms with Crippen molar-refractivity contribution in [3.05, 3.63) is 23.3 Å². The molecule has 19 heavy (non-hydrogen) atoms. The van der Waals surface area contributed by atoms with Crippen LogP contribution < -0.4 is 0 Å². The fourth-order valence-electron chi connectivity index (χ4n) is 4.10. The quantitative estimate of drug-likeness (QED) is 0.433. The van der Waals surface area contributed by atoms with E-state index in [1.165, 1.54) is 30.4 Å². The topological polar surface area (TPSA) is 26.3 Å². The molecule has 2 nitrogen and oxygen atoms in total. The maximum Gasteiger partial charge on any atom is 0.330 e. The van der Waals surface area contributed by atoms with Crippen LogP contribution in [0.15, 0.2) is 23.3 Å². The van der Waals surface area contributed by atoms with Crippen LogP contribution in [0.1, 0.15) is 47.0 Å². The number of ether oxygens (including phenoxy) is 1. The molecule has 0 N–H and O–H groups in total. The highest BCUT2D eigenvalue weighted by atomic mass is 16.5. The maximum atomic E-state index is 11.6. The number of hydrogen-bond donors (Lipinski definition) is 0. The van der Waals surface area contributed by atoms with Crippen molar-refractivity contribution < 1.29 is 9.53 Å². The van der Waals surface area contributed by atoms with Gasteiger partial charge in [0.25, 0.3) is 0 Å². The van der Waals surface area contributed by atoms with Crippen molar-refractivity contribution in [1.82, 2.24) is 0 Å². The molecule has 4 unspecified atom stereocenters. The third kappa shape index (κ3) is 3.10. The first kappa shape index (κ1) is 14.4. The van der Waals surface area contributed by atoms with Crippen molar-refractivity contribution in [3.63, 3.8) is 0 Å². The summed E-state index contributed by atoms with van der Waals surface area (Å²) in [4.78, 5) is 11.6. The third-order valence-electron chi connectivity index (χ3n) is 4.66. The van der Waals surface area contributed by atoms with E-state index in [0.29, 0.717) is 18.4 Å². The predicted octanol–water partition coefficient (Wildman–Crippen LogP) is 4.12. The van der Waals surface area contributed by atoms with E-state index in [1.54, 1.807) is 6.08 Å². The third-order valence-corrected chi connectivity index (χ3v) is 4.66. The molecule has 0 radical (unpaired) electrons. The monoisotopic (exact) mass is 262 g/mol. The molecule has 4 atom stereocenters. The smallest absolute Gasteiger partial charge is 0.330 e. The minimum Gasteiger partial charge on any atom is -0.463 e. The Kier molecular flexibility index (Phi) is 4.49. The molecule has 0 spiro atoms. The van der Waals surface area contributed by atoms with Crippen molar-refractivity contribution in [3.8, 4) is 0 Å². The van der Waals surface area contributed by atoms with Crippen LogP contribution in [-0.4, -0.2) is 12.6 Å². The molecule has 0 saturated heterocycles. The number of allylic oxidation sites excluding steroid dienone is 3. The molecule has 2 aliphatic rings. The van der Waals surface area contributed by atoms with E-state index in [2.05, 4.69) is 26.8 Å². The van der Waals surface area contributed by atoms with E-state index in [-0.39, 0.29) is 5.97 Å². The van der Waals surface area contributed by atoms with Gasteiger partial charge >= 0.3 is 5.97 Å². The van der Waals surface area contributed by atoms with Crippen LogP contribution in [0.3, 0.4) is 0 Å². The molecule has 2 heteroatoms. The summed E-state index contributed by atoms with van der Waals surface area (Å²) in [7, 11) is 0. The molecule has 0 aromatic heterocycles. The van der Waals surface area contributed by atoms with E-state index in [1.807, 2.05) is 6.92 Å². The van der Waals surface area contributed by atoms with Crippen molar-refractivity contribution in [2.75, 3.05) is 6.61 Å². The highest BCUT2D eigenvalue weighted by molar-refractivity contribution is 5.82. The molecular weight excluding hydrogens is 236 g/mol. The Morgan fingerprint density at radius 3 is 2.53 bits per heavy atom. The second-order valence-electron chi connectivity index (χ2n) is 6.32. The van der Waals surface area contributed by atoms with Gasteiger partial charge in [0, 0.05) is 6.08 Å². The number of rotatable bonds is 4. The van der Waals surface area contributed by atoms with Gasteiger partial charge in [-0.3, -0.25) is 0 Å². The van der Waals surface area contributed by atoms with Crippen LogP contribution in [-0.2, 0) is 9.53 Å². The molecule has 0 amide bonds. The molecule has 0 aromatic carbocycles. The molecule has 0 heterocycles. The van der Waals surface area contributed by atoms with Gasteiger partial charge in [0.15, 0.2) is 0 Å². The fourth-order valence-corrected chi connectivity index (χ4v) is 4.10. The minimum absolute atomic E-state index is 0.182. The maximum absolute atomic E-state index is 11.6. The van der Waals surface area contributed by atoms with Crippen LogP contribution in [0.2, 0.25) is 0 Å². The van der Waals surface area contributed by atoms with Crippen LogP contribution in [0.25, 0.3) is 0 Å². The van der Waals surface area contributed by atoms with Gasteiger partial charge < -0.3 is 4.74 Å². The molecule has 2 saturated carbocycles.